The predicted molar refractivity (Wildman–Crippen MR) is 58.1 cm³/mol. The van der Waals surface area contributed by atoms with Crippen LogP contribution >= 0.6 is 0 Å². The minimum Gasteiger partial charge on any atom is -0.292 e. The smallest absolute Gasteiger partial charge is 0.285 e. The van der Waals surface area contributed by atoms with E-state index in [1.807, 2.05) is 5.32 Å². The number of halogens is 1. The SMILES string of the molecule is O=C1CCC(F)(N2Cc3cncnc3C2=O)C(=O)N1. The third-order valence-corrected chi connectivity index (χ3v) is 3.28. The summed E-state index contributed by atoms with van der Waals surface area (Å²) >= 11 is 0. The maximum absolute atomic E-state index is 14.8. The summed E-state index contributed by atoms with van der Waals surface area (Å²) in [6.45, 7) is -0.0763. The van der Waals surface area contributed by atoms with Crippen molar-refractivity contribution in [1.82, 2.24) is 20.2 Å². The van der Waals surface area contributed by atoms with Gasteiger partial charge in [0, 0.05) is 24.6 Å². The summed E-state index contributed by atoms with van der Waals surface area (Å²) in [5.41, 5.74) is 0.561. The number of hydrogen-bond donors (Lipinski definition) is 1. The van der Waals surface area contributed by atoms with E-state index >= 15 is 0 Å². The van der Waals surface area contributed by atoms with Crippen molar-refractivity contribution in [2.75, 3.05) is 0 Å². The Morgan fingerprint density at radius 1 is 1.37 bits per heavy atom. The van der Waals surface area contributed by atoms with Crippen LogP contribution in [0.3, 0.4) is 0 Å². The minimum atomic E-state index is -2.51. The summed E-state index contributed by atoms with van der Waals surface area (Å²) in [5.74, 6) is -4.81. The minimum absolute atomic E-state index is 0.0763. The summed E-state index contributed by atoms with van der Waals surface area (Å²) in [4.78, 5) is 43.1. The number of amides is 3. The van der Waals surface area contributed by atoms with Gasteiger partial charge in [-0.25, -0.2) is 14.4 Å². The fourth-order valence-corrected chi connectivity index (χ4v) is 2.26. The second-order valence-electron chi connectivity index (χ2n) is 4.42. The molecule has 3 heterocycles. The molecule has 0 aliphatic carbocycles. The van der Waals surface area contributed by atoms with Gasteiger partial charge in [0.25, 0.3) is 17.6 Å². The molecule has 1 saturated heterocycles. The lowest BCUT2D eigenvalue weighted by molar-refractivity contribution is -0.154. The van der Waals surface area contributed by atoms with Crippen molar-refractivity contribution in [3.63, 3.8) is 0 Å². The number of carbonyl (C=O) groups excluding carboxylic acids is 3. The summed E-state index contributed by atoms with van der Waals surface area (Å²) in [5, 5.41) is 1.91. The van der Waals surface area contributed by atoms with Gasteiger partial charge in [0.2, 0.25) is 5.91 Å². The lowest BCUT2D eigenvalue weighted by Gasteiger charge is -2.35. The molecule has 0 radical (unpaired) electrons. The van der Waals surface area contributed by atoms with E-state index in [2.05, 4.69) is 9.97 Å². The van der Waals surface area contributed by atoms with Crippen LogP contribution in [-0.2, 0) is 16.1 Å². The number of carbonyl (C=O) groups is 3. The van der Waals surface area contributed by atoms with Crippen LogP contribution in [0.25, 0.3) is 0 Å². The van der Waals surface area contributed by atoms with Crippen molar-refractivity contribution in [1.29, 1.82) is 0 Å². The van der Waals surface area contributed by atoms with Gasteiger partial charge in [0.05, 0.1) is 6.54 Å². The van der Waals surface area contributed by atoms with Gasteiger partial charge in [-0.2, -0.15) is 0 Å². The van der Waals surface area contributed by atoms with E-state index in [-0.39, 0.29) is 25.1 Å². The number of fused-ring (bicyclic) bond motifs is 1. The third kappa shape index (κ3) is 1.60. The third-order valence-electron chi connectivity index (χ3n) is 3.28. The molecule has 1 fully saturated rings. The molecule has 7 nitrogen and oxygen atoms in total. The van der Waals surface area contributed by atoms with Crippen molar-refractivity contribution in [2.45, 2.75) is 25.2 Å². The number of rotatable bonds is 1. The van der Waals surface area contributed by atoms with Crippen molar-refractivity contribution < 1.29 is 18.8 Å². The maximum atomic E-state index is 14.8. The monoisotopic (exact) mass is 264 g/mol. The molecular weight excluding hydrogens is 255 g/mol. The molecule has 3 rings (SSSR count). The molecule has 3 amide bonds. The maximum Gasteiger partial charge on any atom is 0.285 e. The first-order valence-electron chi connectivity index (χ1n) is 5.66. The lowest BCUT2D eigenvalue weighted by atomic mass is 10.0. The van der Waals surface area contributed by atoms with Crippen LogP contribution in [-0.4, -0.2) is 38.4 Å². The number of imide groups is 1. The Labute approximate surface area is 106 Å². The number of hydrogen-bond acceptors (Lipinski definition) is 5. The van der Waals surface area contributed by atoms with Gasteiger partial charge in [-0.3, -0.25) is 24.6 Å². The molecule has 0 bridgehead atoms. The van der Waals surface area contributed by atoms with Crippen LogP contribution in [0.5, 0.6) is 0 Å². The molecule has 0 aromatic carbocycles. The summed E-state index contributed by atoms with van der Waals surface area (Å²) in [7, 11) is 0. The van der Waals surface area contributed by atoms with Crippen LogP contribution in [0.2, 0.25) is 0 Å². The molecule has 8 heteroatoms. The van der Waals surface area contributed by atoms with E-state index in [4.69, 9.17) is 0 Å². The Bertz CT molecular complexity index is 605. The van der Waals surface area contributed by atoms with E-state index in [1.165, 1.54) is 12.5 Å². The van der Waals surface area contributed by atoms with Crippen molar-refractivity contribution in [2.24, 2.45) is 0 Å². The molecule has 1 unspecified atom stereocenters. The highest BCUT2D eigenvalue weighted by Gasteiger charge is 2.53. The largest absolute Gasteiger partial charge is 0.292 e. The van der Waals surface area contributed by atoms with E-state index in [9.17, 15) is 18.8 Å². The Morgan fingerprint density at radius 2 is 2.16 bits per heavy atom. The van der Waals surface area contributed by atoms with E-state index in [0.29, 0.717) is 5.56 Å². The molecule has 1 aromatic heterocycles. The second kappa shape index (κ2) is 3.81. The molecule has 1 atom stereocenters. The highest BCUT2D eigenvalue weighted by molar-refractivity contribution is 6.06. The number of piperidine rings is 1. The Hall–Kier alpha value is -2.38. The molecule has 1 N–H and O–H groups in total. The normalized spacial score (nSPS) is 26.4. The zero-order valence-electron chi connectivity index (χ0n) is 9.72. The molecule has 0 spiro atoms. The molecular formula is C11H9FN4O3. The predicted octanol–water partition coefficient (Wildman–Crippen LogP) is -0.465. The number of aromatic nitrogens is 2. The van der Waals surface area contributed by atoms with Gasteiger partial charge < -0.3 is 0 Å². The highest BCUT2D eigenvalue weighted by atomic mass is 19.1. The van der Waals surface area contributed by atoms with E-state index in [0.717, 1.165) is 4.90 Å². The van der Waals surface area contributed by atoms with Crippen LogP contribution < -0.4 is 5.32 Å². The number of alkyl halides is 1. The van der Waals surface area contributed by atoms with E-state index < -0.39 is 23.5 Å². The average molecular weight is 264 g/mol. The van der Waals surface area contributed by atoms with Crippen LogP contribution in [0, 0.1) is 0 Å². The van der Waals surface area contributed by atoms with Crippen molar-refractivity contribution in [3.05, 3.63) is 23.8 Å². The topological polar surface area (TPSA) is 92.3 Å². The Morgan fingerprint density at radius 3 is 2.84 bits per heavy atom. The van der Waals surface area contributed by atoms with Crippen molar-refractivity contribution in [3.8, 4) is 0 Å². The first-order chi connectivity index (χ1) is 9.02. The first-order valence-corrected chi connectivity index (χ1v) is 5.66. The van der Waals surface area contributed by atoms with Gasteiger partial charge in [-0.1, -0.05) is 0 Å². The highest BCUT2D eigenvalue weighted by Crippen LogP contribution is 2.34. The second-order valence-corrected chi connectivity index (χ2v) is 4.42. The summed E-state index contributed by atoms with van der Waals surface area (Å²) in [6, 6.07) is 0. The van der Waals surface area contributed by atoms with Crippen LogP contribution in [0.4, 0.5) is 4.39 Å². The summed E-state index contributed by atoms with van der Waals surface area (Å²) in [6.07, 6.45) is 2.12. The number of nitrogens with zero attached hydrogens (tertiary/aromatic N) is 3. The van der Waals surface area contributed by atoms with Gasteiger partial charge in [-0.05, 0) is 0 Å². The van der Waals surface area contributed by atoms with Crippen LogP contribution in [0.15, 0.2) is 12.5 Å². The number of nitrogens with one attached hydrogen (secondary N) is 1. The van der Waals surface area contributed by atoms with Gasteiger partial charge in [-0.15, -0.1) is 0 Å². The molecule has 98 valence electrons. The fourth-order valence-electron chi connectivity index (χ4n) is 2.26. The Kier molecular flexibility index (Phi) is 2.34. The summed E-state index contributed by atoms with van der Waals surface area (Å²) < 4.78 is 14.8. The average Bonchev–Trinajstić information content (AvgIpc) is 2.73. The zero-order valence-corrected chi connectivity index (χ0v) is 9.72. The first kappa shape index (κ1) is 11.7. The zero-order chi connectivity index (χ0) is 13.6. The van der Waals surface area contributed by atoms with Crippen LogP contribution in [0.1, 0.15) is 28.9 Å². The van der Waals surface area contributed by atoms with Gasteiger partial charge in [0.15, 0.2) is 0 Å². The molecule has 0 saturated carbocycles. The fraction of sp³-hybridized carbons (Fsp3) is 0.364. The molecule has 19 heavy (non-hydrogen) atoms. The standard InChI is InChI=1S/C11H9FN4O3/c12-11(2-1-7(17)15-10(11)19)16-4-6-3-13-5-14-8(6)9(16)18/h3,5H,1-2,4H2,(H,15,17,19). The van der Waals surface area contributed by atoms with Gasteiger partial charge >= 0.3 is 0 Å². The van der Waals surface area contributed by atoms with Crippen molar-refractivity contribution >= 4 is 17.7 Å². The Balaban J connectivity index is 1.95. The molecule has 1 aromatic rings. The molecule has 2 aliphatic heterocycles. The van der Waals surface area contributed by atoms with E-state index in [1.54, 1.807) is 0 Å². The quantitative estimate of drug-likeness (QED) is 0.547. The molecule has 2 aliphatic rings. The lowest BCUT2D eigenvalue weighted by Crippen LogP contribution is -2.60. The van der Waals surface area contributed by atoms with Gasteiger partial charge in [0.1, 0.15) is 12.0 Å².